The maximum Gasteiger partial charge on any atom is 0.309 e. The number of hydrogen-bond acceptors (Lipinski definition) is 5. The third-order valence-electron chi connectivity index (χ3n) is 6.24. The predicted molar refractivity (Wildman–Crippen MR) is 120 cm³/mol. The van der Waals surface area contributed by atoms with E-state index < -0.39 is 10.0 Å². The van der Waals surface area contributed by atoms with Crippen molar-refractivity contribution in [1.29, 1.82) is 0 Å². The van der Waals surface area contributed by atoms with Crippen molar-refractivity contribution in [2.75, 3.05) is 20.2 Å². The Kier molecular flexibility index (Phi) is 7.06. The lowest BCUT2D eigenvalue weighted by Gasteiger charge is -2.31. The lowest BCUT2D eigenvalue weighted by Crippen LogP contribution is -2.41. The van der Waals surface area contributed by atoms with Crippen LogP contribution in [0.25, 0.3) is 0 Å². The van der Waals surface area contributed by atoms with Crippen molar-refractivity contribution >= 4 is 16.0 Å². The zero-order valence-electron chi connectivity index (χ0n) is 18.9. The van der Waals surface area contributed by atoms with Crippen LogP contribution < -0.4 is 4.74 Å². The molecule has 1 aliphatic rings. The number of para-hydroxylation sites is 1. The van der Waals surface area contributed by atoms with Gasteiger partial charge in [0.05, 0.1) is 17.9 Å². The fourth-order valence-corrected chi connectivity index (χ4v) is 6.16. The standard InChI is InChI=1S/C24H31NO5S/c1-16-14-17(2)19(4)23(18(16)3)31(27,28)25-12-10-20(11-13-25)24(26)30-15-21-8-6-7-9-22(21)29-5/h6-9,14,20H,10-13,15H2,1-5H3. The van der Waals surface area contributed by atoms with Crippen LogP contribution in [0.2, 0.25) is 0 Å². The number of nitrogens with zero attached hydrogens (tertiary/aromatic N) is 1. The van der Waals surface area contributed by atoms with Crippen molar-refractivity contribution in [1.82, 2.24) is 4.31 Å². The van der Waals surface area contributed by atoms with E-state index in [-0.39, 0.29) is 18.5 Å². The van der Waals surface area contributed by atoms with E-state index in [1.54, 1.807) is 7.11 Å². The van der Waals surface area contributed by atoms with E-state index in [0.717, 1.165) is 27.8 Å². The second-order valence-electron chi connectivity index (χ2n) is 8.19. The Labute approximate surface area is 185 Å². The quantitative estimate of drug-likeness (QED) is 0.627. The molecule has 7 heteroatoms. The van der Waals surface area contributed by atoms with Crippen molar-refractivity contribution in [3.05, 3.63) is 58.1 Å². The van der Waals surface area contributed by atoms with Crippen LogP contribution in [0.4, 0.5) is 0 Å². The van der Waals surface area contributed by atoms with E-state index in [0.29, 0.717) is 36.6 Å². The molecule has 0 saturated carbocycles. The smallest absolute Gasteiger partial charge is 0.309 e. The Morgan fingerprint density at radius 1 is 1.03 bits per heavy atom. The molecule has 1 aliphatic heterocycles. The number of carbonyl (C=O) groups is 1. The van der Waals surface area contributed by atoms with Gasteiger partial charge in [0.2, 0.25) is 10.0 Å². The molecule has 0 amide bonds. The van der Waals surface area contributed by atoms with Crippen LogP contribution in [0.3, 0.4) is 0 Å². The first kappa shape index (κ1) is 23.3. The summed E-state index contributed by atoms with van der Waals surface area (Å²) >= 11 is 0. The fraction of sp³-hybridized carbons (Fsp3) is 0.458. The molecule has 1 saturated heterocycles. The summed E-state index contributed by atoms with van der Waals surface area (Å²) in [5.74, 6) is 0.0831. The molecule has 2 aromatic carbocycles. The lowest BCUT2D eigenvalue weighted by molar-refractivity contribution is -0.151. The molecule has 31 heavy (non-hydrogen) atoms. The highest BCUT2D eigenvalue weighted by Crippen LogP contribution is 2.31. The lowest BCUT2D eigenvalue weighted by atomic mass is 9.98. The topological polar surface area (TPSA) is 72.9 Å². The predicted octanol–water partition coefficient (Wildman–Crippen LogP) is 4.07. The first-order chi connectivity index (χ1) is 14.7. The minimum absolute atomic E-state index is 0.141. The van der Waals surface area contributed by atoms with Crippen LogP contribution in [-0.4, -0.2) is 38.9 Å². The van der Waals surface area contributed by atoms with Gasteiger partial charge in [-0.25, -0.2) is 8.42 Å². The first-order valence-electron chi connectivity index (χ1n) is 10.5. The number of methoxy groups -OCH3 is 1. The van der Waals surface area contributed by atoms with Crippen LogP contribution >= 0.6 is 0 Å². The van der Waals surface area contributed by atoms with E-state index in [9.17, 15) is 13.2 Å². The minimum Gasteiger partial charge on any atom is -0.496 e. The highest BCUT2D eigenvalue weighted by Gasteiger charge is 2.34. The Balaban J connectivity index is 1.66. The van der Waals surface area contributed by atoms with Crippen molar-refractivity contribution in [2.45, 2.75) is 52.0 Å². The van der Waals surface area contributed by atoms with Gasteiger partial charge in [0, 0.05) is 18.7 Å². The van der Waals surface area contributed by atoms with Crippen LogP contribution in [-0.2, 0) is 26.2 Å². The second-order valence-corrected chi connectivity index (χ2v) is 10.1. The minimum atomic E-state index is -3.62. The van der Waals surface area contributed by atoms with Gasteiger partial charge in [-0.1, -0.05) is 24.3 Å². The second kappa shape index (κ2) is 9.40. The van der Waals surface area contributed by atoms with Crippen molar-refractivity contribution < 1.29 is 22.7 Å². The molecule has 168 valence electrons. The molecule has 0 spiro atoms. The molecule has 0 aliphatic carbocycles. The Morgan fingerprint density at radius 3 is 2.19 bits per heavy atom. The zero-order chi connectivity index (χ0) is 22.8. The summed E-state index contributed by atoms with van der Waals surface area (Å²) in [6, 6.07) is 9.43. The zero-order valence-corrected chi connectivity index (χ0v) is 19.7. The summed E-state index contributed by atoms with van der Waals surface area (Å²) in [5.41, 5.74) is 4.33. The highest BCUT2D eigenvalue weighted by molar-refractivity contribution is 7.89. The Hall–Kier alpha value is -2.38. The van der Waals surface area contributed by atoms with E-state index >= 15 is 0 Å². The monoisotopic (exact) mass is 445 g/mol. The van der Waals surface area contributed by atoms with E-state index in [1.165, 1.54) is 4.31 Å². The van der Waals surface area contributed by atoms with Crippen LogP contribution in [0.1, 0.15) is 40.7 Å². The molecule has 0 atom stereocenters. The summed E-state index contributed by atoms with van der Waals surface area (Å²) in [6.45, 7) is 8.34. The number of piperidine rings is 1. The van der Waals surface area contributed by atoms with Crippen molar-refractivity contribution in [2.24, 2.45) is 5.92 Å². The molecular formula is C24H31NO5S. The summed E-state index contributed by atoms with van der Waals surface area (Å²) in [5, 5.41) is 0. The van der Waals surface area contributed by atoms with Crippen molar-refractivity contribution in [3.8, 4) is 5.75 Å². The van der Waals surface area contributed by atoms with Gasteiger partial charge in [0.25, 0.3) is 0 Å². The van der Waals surface area contributed by atoms with Gasteiger partial charge in [-0.2, -0.15) is 4.31 Å². The Bertz CT molecular complexity index is 1040. The average molecular weight is 446 g/mol. The Morgan fingerprint density at radius 2 is 1.61 bits per heavy atom. The molecule has 0 N–H and O–H groups in total. The van der Waals surface area contributed by atoms with E-state index in [1.807, 2.05) is 58.0 Å². The molecule has 1 fully saturated rings. The fourth-order valence-electron chi connectivity index (χ4n) is 4.12. The molecule has 0 bridgehead atoms. The molecule has 0 radical (unpaired) electrons. The van der Waals surface area contributed by atoms with Crippen LogP contribution in [0.5, 0.6) is 5.75 Å². The molecule has 0 aromatic heterocycles. The maximum absolute atomic E-state index is 13.4. The van der Waals surface area contributed by atoms with Gasteiger partial charge in [0.15, 0.2) is 0 Å². The van der Waals surface area contributed by atoms with Crippen molar-refractivity contribution in [3.63, 3.8) is 0 Å². The SMILES string of the molecule is COc1ccccc1COC(=O)C1CCN(S(=O)(=O)c2c(C)c(C)cc(C)c2C)CC1. The number of rotatable bonds is 6. The number of aryl methyl sites for hydroxylation is 2. The molecule has 2 aromatic rings. The molecule has 1 heterocycles. The van der Waals surface area contributed by atoms with Gasteiger partial charge in [-0.15, -0.1) is 0 Å². The number of benzene rings is 2. The van der Waals surface area contributed by atoms with Gasteiger partial charge in [0.1, 0.15) is 12.4 Å². The first-order valence-corrected chi connectivity index (χ1v) is 12.0. The highest BCUT2D eigenvalue weighted by atomic mass is 32.2. The third-order valence-corrected chi connectivity index (χ3v) is 8.42. The largest absolute Gasteiger partial charge is 0.496 e. The maximum atomic E-state index is 13.4. The molecule has 3 rings (SSSR count). The van der Waals surface area contributed by atoms with Gasteiger partial charge in [-0.05, 0) is 68.9 Å². The van der Waals surface area contributed by atoms with E-state index in [2.05, 4.69) is 0 Å². The number of carbonyl (C=O) groups excluding carboxylic acids is 1. The summed E-state index contributed by atoms with van der Waals surface area (Å²) in [6.07, 6.45) is 0.903. The number of esters is 1. The van der Waals surface area contributed by atoms with Gasteiger partial charge in [-0.3, -0.25) is 4.79 Å². The van der Waals surface area contributed by atoms with Crippen LogP contribution in [0.15, 0.2) is 35.2 Å². The summed E-state index contributed by atoms with van der Waals surface area (Å²) in [7, 11) is -2.04. The van der Waals surface area contributed by atoms with E-state index in [4.69, 9.17) is 9.47 Å². The third kappa shape index (κ3) is 4.77. The molecular weight excluding hydrogens is 414 g/mol. The summed E-state index contributed by atoms with van der Waals surface area (Å²) < 4.78 is 39.1. The summed E-state index contributed by atoms with van der Waals surface area (Å²) in [4.78, 5) is 13.0. The normalized spacial score (nSPS) is 15.6. The molecule has 0 unspecified atom stereocenters. The van der Waals surface area contributed by atoms with Gasteiger partial charge >= 0.3 is 5.97 Å². The number of ether oxygens (including phenoxy) is 2. The van der Waals surface area contributed by atoms with Crippen LogP contribution in [0, 0.1) is 33.6 Å². The number of hydrogen-bond donors (Lipinski definition) is 0. The molecule has 6 nitrogen and oxygen atoms in total. The average Bonchev–Trinajstić information content (AvgIpc) is 2.76. The van der Waals surface area contributed by atoms with Gasteiger partial charge < -0.3 is 9.47 Å². The number of sulfonamides is 1.